The Labute approximate surface area is 189 Å². The number of carbonyl (C=O) groups is 1. The first-order valence-electron chi connectivity index (χ1n) is 11.4. The molecule has 0 saturated carbocycles. The van der Waals surface area contributed by atoms with E-state index in [0.717, 1.165) is 57.7 Å². The fourth-order valence-electron chi connectivity index (χ4n) is 4.32. The lowest BCUT2D eigenvalue weighted by molar-refractivity contribution is -0.132. The number of hydrogen-bond donors (Lipinski definition) is 0. The highest BCUT2D eigenvalue weighted by Gasteiger charge is 2.23. The minimum Gasteiger partial charge on any atom is -0.493 e. The van der Waals surface area contributed by atoms with Gasteiger partial charge in [-0.25, -0.2) is 0 Å². The van der Waals surface area contributed by atoms with Crippen LogP contribution >= 0.6 is 0 Å². The second-order valence-electron chi connectivity index (χ2n) is 8.43. The van der Waals surface area contributed by atoms with Gasteiger partial charge in [0.05, 0.1) is 27.3 Å². The quantitative estimate of drug-likeness (QED) is 0.644. The number of benzene rings is 1. The van der Waals surface area contributed by atoms with Crippen LogP contribution in [0.3, 0.4) is 0 Å². The van der Waals surface area contributed by atoms with Crippen molar-refractivity contribution >= 4 is 5.91 Å². The van der Waals surface area contributed by atoms with Crippen LogP contribution in [0.4, 0.5) is 0 Å². The van der Waals surface area contributed by atoms with Gasteiger partial charge in [0.2, 0.25) is 17.6 Å². The molecule has 0 unspecified atom stereocenters. The van der Waals surface area contributed by atoms with Gasteiger partial charge in [-0.05, 0) is 31.0 Å². The molecule has 2 aliphatic heterocycles. The van der Waals surface area contributed by atoms with Gasteiger partial charge in [-0.15, -0.1) is 0 Å². The molecule has 0 spiro atoms. The first-order valence-corrected chi connectivity index (χ1v) is 11.4. The second kappa shape index (κ2) is 10.8. The summed E-state index contributed by atoms with van der Waals surface area (Å²) in [5, 5.41) is 4.13. The molecule has 0 N–H and O–H groups in total. The number of amides is 1. The van der Waals surface area contributed by atoms with Crippen LogP contribution in [-0.4, -0.2) is 90.8 Å². The average molecular weight is 444 g/mol. The van der Waals surface area contributed by atoms with Gasteiger partial charge >= 0.3 is 0 Å². The molecule has 2 aromatic rings. The molecule has 0 atom stereocenters. The number of ether oxygens (including phenoxy) is 2. The maximum atomic E-state index is 12.6. The van der Waals surface area contributed by atoms with Gasteiger partial charge in [-0.2, -0.15) is 4.98 Å². The third-order valence-electron chi connectivity index (χ3n) is 6.25. The van der Waals surface area contributed by atoms with Gasteiger partial charge in [0.15, 0.2) is 11.5 Å². The van der Waals surface area contributed by atoms with Gasteiger partial charge in [0.1, 0.15) is 0 Å². The minimum absolute atomic E-state index is 0.275. The monoisotopic (exact) mass is 443 g/mol. The molecule has 9 nitrogen and oxygen atoms in total. The maximum absolute atomic E-state index is 12.6. The second-order valence-corrected chi connectivity index (χ2v) is 8.43. The highest BCUT2D eigenvalue weighted by Crippen LogP contribution is 2.31. The predicted molar refractivity (Wildman–Crippen MR) is 120 cm³/mol. The molecule has 1 aromatic carbocycles. The lowest BCUT2D eigenvalue weighted by Crippen LogP contribution is -2.49. The SMILES string of the molecule is COc1ccc(-c2noc(CN3CCN(CC(=O)N4CCCCCC4)CC3)n2)cc1OC. The van der Waals surface area contributed by atoms with Crippen molar-refractivity contribution in [3.8, 4) is 22.9 Å². The average Bonchev–Trinajstić information content (AvgIpc) is 3.11. The van der Waals surface area contributed by atoms with Crippen LogP contribution in [0.1, 0.15) is 31.6 Å². The Balaban J connectivity index is 1.27. The van der Waals surface area contributed by atoms with Crippen molar-refractivity contribution in [2.24, 2.45) is 0 Å². The van der Waals surface area contributed by atoms with E-state index in [9.17, 15) is 4.79 Å². The molecule has 9 heteroatoms. The normalized spacial score (nSPS) is 18.4. The van der Waals surface area contributed by atoms with Gasteiger partial charge in [-0.1, -0.05) is 18.0 Å². The first kappa shape index (κ1) is 22.5. The number of likely N-dealkylation sites (tertiary alicyclic amines) is 1. The van der Waals surface area contributed by atoms with E-state index in [1.54, 1.807) is 14.2 Å². The van der Waals surface area contributed by atoms with E-state index < -0.39 is 0 Å². The molecule has 32 heavy (non-hydrogen) atoms. The number of aromatic nitrogens is 2. The fraction of sp³-hybridized carbons (Fsp3) is 0.609. The Hall–Kier alpha value is -2.65. The van der Waals surface area contributed by atoms with Gasteiger partial charge in [-0.3, -0.25) is 14.6 Å². The van der Waals surface area contributed by atoms with Crippen molar-refractivity contribution < 1.29 is 18.8 Å². The van der Waals surface area contributed by atoms with Crippen LogP contribution in [0, 0.1) is 0 Å². The van der Waals surface area contributed by atoms with E-state index in [-0.39, 0.29) is 5.91 Å². The van der Waals surface area contributed by atoms with Crippen LogP contribution in [-0.2, 0) is 11.3 Å². The smallest absolute Gasteiger partial charge is 0.241 e. The van der Waals surface area contributed by atoms with Crippen molar-refractivity contribution in [2.75, 3.05) is 60.0 Å². The summed E-state index contributed by atoms with van der Waals surface area (Å²) in [5.74, 6) is 2.68. The van der Waals surface area contributed by atoms with E-state index >= 15 is 0 Å². The summed E-state index contributed by atoms with van der Waals surface area (Å²) in [4.78, 5) is 23.8. The fourth-order valence-corrected chi connectivity index (χ4v) is 4.32. The third-order valence-corrected chi connectivity index (χ3v) is 6.25. The summed E-state index contributed by atoms with van der Waals surface area (Å²) in [6.45, 7) is 6.46. The molecule has 0 aliphatic carbocycles. The Morgan fingerprint density at radius 2 is 1.62 bits per heavy atom. The summed E-state index contributed by atoms with van der Waals surface area (Å²) < 4.78 is 16.1. The highest BCUT2D eigenvalue weighted by atomic mass is 16.5. The summed E-state index contributed by atoms with van der Waals surface area (Å²) in [6, 6.07) is 5.56. The number of piperazine rings is 1. The highest BCUT2D eigenvalue weighted by molar-refractivity contribution is 5.78. The number of hydrogen-bond acceptors (Lipinski definition) is 8. The Morgan fingerprint density at radius 1 is 0.938 bits per heavy atom. The van der Waals surface area contributed by atoms with Gasteiger partial charge in [0.25, 0.3) is 0 Å². The lowest BCUT2D eigenvalue weighted by Gasteiger charge is -2.34. The Morgan fingerprint density at radius 3 is 2.31 bits per heavy atom. The van der Waals surface area contributed by atoms with Gasteiger partial charge < -0.3 is 18.9 Å². The van der Waals surface area contributed by atoms with Crippen LogP contribution in [0.15, 0.2) is 22.7 Å². The zero-order chi connectivity index (χ0) is 22.3. The van der Waals surface area contributed by atoms with E-state index in [1.807, 2.05) is 23.1 Å². The third kappa shape index (κ3) is 5.58. The lowest BCUT2D eigenvalue weighted by atomic mass is 10.2. The number of carbonyl (C=O) groups excluding carboxylic acids is 1. The summed E-state index contributed by atoms with van der Waals surface area (Å²) in [6.07, 6.45) is 4.75. The maximum Gasteiger partial charge on any atom is 0.241 e. The van der Waals surface area contributed by atoms with E-state index in [4.69, 9.17) is 14.0 Å². The summed E-state index contributed by atoms with van der Waals surface area (Å²) in [5.41, 5.74) is 0.814. The largest absolute Gasteiger partial charge is 0.493 e. The summed E-state index contributed by atoms with van der Waals surface area (Å²) >= 11 is 0. The molecule has 2 fully saturated rings. The van der Waals surface area contributed by atoms with Crippen LogP contribution < -0.4 is 9.47 Å². The minimum atomic E-state index is 0.275. The van der Waals surface area contributed by atoms with Crippen LogP contribution in [0.5, 0.6) is 11.5 Å². The molecule has 2 saturated heterocycles. The molecule has 2 aliphatic rings. The topological polar surface area (TPSA) is 84.2 Å². The van der Waals surface area contributed by atoms with Crippen molar-refractivity contribution in [1.82, 2.24) is 24.8 Å². The van der Waals surface area contributed by atoms with Crippen molar-refractivity contribution in [3.63, 3.8) is 0 Å². The molecule has 0 bridgehead atoms. The van der Waals surface area contributed by atoms with E-state index in [2.05, 4.69) is 19.9 Å². The standard InChI is InChI=1S/C23H33N5O4/c1-30-19-8-7-18(15-20(19)31-2)23-24-21(32-25-23)16-26-11-13-27(14-12-26)17-22(29)28-9-5-3-4-6-10-28/h7-8,15H,3-6,9-14,16-17H2,1-2H3. The van der Waals surface area contributed by atoms with Gasteiger partial charge in [0, 0.05) is 44.8 Å². The van der Waals surface area contributed by atoms with E-state index in [0.29, 0.717) is 36.3 Å². The molecule has 174 valence electrons. The summed E-state index contributed by atoms with van der Waals surface area (Å²) in [7, 11) is 3.21. The number of nitrogens with zero attached hydrogens (tertiary/aromatic N) is 5. The predicted octanol–water partition coefficient (Wildman–Crippen LogP) is 2.27. The zero-order valence-electron chi connectivity index (χ0n) is 19.1. The molecular formula is C23H33N5O4. The van der Waals surface area contributed by atoms with Crippen molar-refractivity contribution in [3.05, 3.63) is 24.1 Å². The molecule has 1 aromatic heterocycles. The van der Waals surface area contributed by atoms with Crippen molar-refractivity contribution in [1.29, 1.82) is 0 Å². The van der Waals surface area contributed by atoms with Crippen LogP contribution in [0.25, 0.3) is 11.4 Å². The molecule has 3 heterocycles. The Kier molecular flexibility index (Phi) is 7.59. The first-order chi connectivity index (χ1) is 15.7. The zero-order valence-corrected chi connectivity index (χ0v) is 19.1. The Bertz CT molecular complexity index is 886. The molecule has 0 radical (unpaired) electrons. The number of methoxy groups -OCH3 is 2. The number of rotatable bonds is 7. The molecule has 4 rings (SSSR count). The molecule has 1 amide bonds. The van der Waals surface area contributed by atoms with E-state index in [1.165, 1.54) is 12.8 Å². The molecular weight excluding hydrogens is 410 g/mol. The van der Waals surface area contributed by atoms with Crippen molar-refractivity contribution in [2.45, 2.75) is 32.2 Å². The van der Waals surface area contributed by atoms with Crippen LogP contribution in [0.2, 0.25) is 0 Å².